The van der Waals surface area contributed by atoms with Crippen molar-refractivity contribution in [2.24, 2.45) is 5.92 Å². The van der Waals surface area contributed by atoms with E-state index in [1.807, 2.05) is 0 Å². The van der Waals surface area contributed by atoms with Crippen molar-refractivity contribution in [2.45, 2.75) is 13.8 Å². The number of rotatable bonds is 5. The number of methoxy groups -OCH3 is 1. The SMILES string of the molecule is COc1ccc(C(=O)NC(=S)NNC(=O)c2ccc(NC(=O)C(C)C)cc2)cc1I. The van der Waals surface area contributed by atoms with Crippen molar-refractivity contribution in [1.82, 2.24) is 16.2 Å². The number of carbonyl (C=O) groups excluding carboxylic acids is 3. The van der Waals surface area contributed by atoms with Crippen LogP contribution in [0.2, 0.25) is 0 Å². The van der Waals surface area contributed by atoms with Gasteiger partial charge in [-0.25, -0.2) is 0 Å². The van der Waals surface area contributed by atoms with Gasteiger partial charge in [0.25, 0.3) is 11.8 Å². The van der Waals surface area contributed by atoms with Crippen LogP contribution in [0.3, 0.4) is 0 Å². The number of carbonyl (C=O) groups is 3. The molecule has 158 valence electrons. The highest BCUT2D eigenvalue weighted by Gasteiger charge is 2.12. The first kappa shape index (κ1) is 23.5. The summed E-state index contributed by atoms with van der Waals surface area (Å²) < 4.78 is 5.94. The second-order valence-corrected chi connectivity index (χ2v) is 8.00. The Balaban J connectivity index is 1.86. The van der Waals surface area contributed by atoms with Gasteiger partial charge >= 0.3 is 0 Å². The fourth-order valence-electron chi connectivity index (χ4n) is 2.19. The third-order valence-electron chi connectivity index (χ3n) is 3.87. The maximum atomic E-state index is 12.3. The van der Waals surface area contributed by atoms with Gasteiger partial charge in [-0.1, -0.05) is 13.8 Å². The number of nitrogens with one attached hydrogen (secondary N) is 4. The molecule has 2 aromatic rings. The summed E-state index contributed by atoms with van der Waals surface area (Å²) in [6.45, 7) is 3.58. The molecule has 4 N–H and O–H groups in total. The molecule has 0 saturated heterocycles. The van der Waals surface area contributed by atoms with Crippen LogP contribution in [-0.2, 0) is 4.79 Å². The summed E-state index contributed by atoms with van der Waals surface area (Å²) in [7, 11) is 1.55. The summed E-state index contributed by atoms with van der Waals surface area (Å²) in [6, 6.07) is 11.3. The molecule has 0 aliphatic heterocycles. The first-order chi connectivity index (χ1) is 14.2. The van der Waals surface area contributed by atoms with E-state index in [0.29, 0.717) is 22.6 Å². The van der Waals surface area contributed by atoms with E-state index < -0.39 is 11.8 Å². The molecule has 2 aromatic carbocycles. The number of halogens is 1. The summed E-state index contributed by atoms with van der Waals surface area (Å²) in [6.07, 6.45) is 0. The summed E-state index contributed by atoms with van der Waals surface area (Å²) in [5, 5.41) is 5.17. The van der Waals surface area contributed by atoms with Gasteiger partial charge in [0.05, 0.1) is 10.7 Å². The highest BCUT2D eigenvalue weighted by atomic mass is 127. The lowest BCUT2D eigenvalue weighted by Gasteiger charge is -2.12. The number of hydrogen-bond acceptors (Lipinski definition) is 5. The van der Waals surface area contributed by atoms with E-state index in [1.165, 1.54) is 0 Å². The summed E-state index contributed by atoms with van der Waals surface area (Å²) in [5.41, 5.74) is 6.24. The van der Waals surface area contributed by atoms with E-state index in [9.17, 15) is 14.4 Å². The maximum absolute atomic E-state index is 12.3. The molecule has 0 radical (unpaired) electrons. The van der Waals surface area contributed by atoms with Crippen molar-refractivity contribution in [3.63, 3.8) is 0 Å². The zero-order chi connectivity index (χ0) is 22.3. The molecular weight excluding hydrogens is 519 g/mol. The summed E-state index contributed by atoms with van der Waals surface area (Å²) in [5.74, 6) is -0.467. The van der Waals surface area contributed by atoms with Crippen LogP contribution in [0, 0.1) is 9.49 Å². The third-order valence-corrected chi connectivity index (χ3v) is 4.92. The normalized spacial score (nSPS) is 10.2. The summed E-state index contributed by atoms with van der Waals surface area (Å²) in [4.78, 5) is 36.2. The van der Waals surface area contributed by atoms with Gasteiger partial charge in [0.2, 0.25) is 5.91 Å². The predicted molar refractivity (Wildman–Crippen MR) is 126 cm³/mol. The van der Waals surface area contributed by atoms with Crippen LogP contribution in [0.5, 0.6) is 5.75 Å². The molecule has 0 aromatic heterocycles. The molecular formula is C20H21IN4O4S. The molecule has 30 heavy (non-hydrogen) atoms. The quantitative estimate of drug-likeness (QED) is 0.264. The molecule has 0 aliphatic carbocycles. The van der Waals surface area contributed by atoms with Crippen molar-refractivity contribution in [1.29, 1.82) is 0 Å². The Morgan fingerprint density at radius 1 is 0.967 bits per heavy atom. The molecule has 0 heterocycles. The Morgan fingerprint density at radius 3 is 2.17 bits per heavy atom. The Bertz CT molecular complexity index is 964. The molecule has 0 unspecified atom stereocenters. The van der Waals surface area contributed by atoms with Gasteiger partial charge in [0.15, 0.2) is 5.11 Å². The first-order valence-corrected chi connectivity index (χ1v) is 10.4. The van der Waals surface area contributed by atoms with Crippen molar-refractivity contribution in [2.75, 3.05) is 12.4 Å². The lowest BCUT2D eigenvalue weighted by molar-refractivity contribution is -0.118. The Hall–Kier alpha value is -2.73. The highest BCUT2D eigenvalue weighted by molar-refractivity contribution is 14.1. The monoisotopic (exact) mass is 540 g/mol. The van der Waals surface area contributed by atoms with E-state index in [4.69, 9.17) is 17.0 Å². The van der Waals surface area contributed by atoms with Gasteiger partial charge in [0, 0.05) is 22.7 Å². The van der Waals surface area contributed by atoms with Crippen LogP contribution in [-0.4, -0.2) is 29.9 Å². The molecule has 0 fully saturated rings. The van der Waals surface area contributed by atoms with Crippen molar-refractivity contribution in [3.05, 3.63) is 57.2 Å². The number of amides is 3. The van der Waals surface area contributed by atoms with Gasteiger partial charge in [0.1, 0.15) is 5.75 Å². The minimum absolute atomic E-state index is 0.0556. The highest BCUT2D eigenvalue weighted by Crippen LogP contribution is 2.21. The fraction of sp³-hybridized carbons (Fsp3) is 0.200. The molecule has 0 spiro atoms. The van der Waals surface area contributed by atoms with Gasteiger partial charge < -0.3 is 10.1 Å². The Labute approximate surface area is 193 Å². The van der Waals surface area contributed by atoms with Crippen LogP contribution < -0.4 is 26.2 Å². The first-order valence-electron chi connectivity index (χ1n) is 8.87. The molecule has 10 heteroatoms. The smallest absolute Gasteiger partial charge is 0.269 e. The van der Waals surface area contributed by atoms with Crippen LogP contribution in [0.15, 0.2) is 42.5 Å². The lowest BCUT2D eigenvalue weighted by atomic mass is 10.1. The van der Waals surface area contributed by atoms with Gasteiger partial charge in [-0.2, -0.15) is 0 Å². The van der Waals surface area contributed by atoms with Crippen molar-refractivity contribution in [3.8, 4) is 5.75 Å². The average Bonchev–Trinajstić information content (AvgIpc) is 2.72. The maximum Gasteiger partial charge on any atom is 0.269 e. The molecule has 8 nitrogen and oxygen atoms in total. The molecule has 3 amide bonds. The number of benzene rings is 2. The number of anilines is 1. The molecule has 0 bridgehead atoms. The van der Waals surface area contributed by atoms with E-state index in [2.05, 4.69) is 44.1 Å². The van der Waals surface area contributed by atoms with E-state index >= 15 is 0 Å². The number of hydrogen-bond donors (Lipinski definition) is 4. The minimum Gasteiger partial charge on any atom is -0.496 e. The van der Waals surface area contributed by atoms with Crippen LogP contribution in [0.25, 0.3) is 0 Å². The predicted octanol–water partition coefficient (Wildman–Crippen LogP) is 2.84. The third kappa shape index (κ3) is 6.66. The fourth-order valence-corrected chi connectivity index (χ4v) is 3.07. The zero-order valence-electron chi connectivity index (χ0n) is 16.5. The number of thiocarbonyl (C=S) groups is 1. The topological polar surface area (TPSA) is 109 Å². The number of ether oxygens (including phenoxy) is 1. The Kier molecular flexibility index (Phi) is 8.54. The van der Waals surface area contributed by atoms with Gasteiger partial charge in [-0.05, 0) is 77.3 Å². The van der Waals surface area contributed by atoms with Crippen LogP contribution in [0.1, 0.15) is 34.6 Å². The summed E-state index contributed by atoms with van der Waals surface area (Å²) >= 11 is 7.10. The van der Waals surface area contributed by atoms with Crippen LogP contribution in [0.4, 0.5) is 5.69 Å². The molecule has 0 atom stereocenters. The average molecular weight is 540 g/mol. The van der Waals surface area contributed by atoms with Crippen LogP contribution >= 0.6 is 34.8 Å². The van der Waals surface area contributed by atoms with Gasteiger partial charge in [-0.3, -0.25) is 30.6 Å². The minimum atomic E-state index is -0.452. The van der Waals surface area contributed by atoms with Crippen molar-refractivity contribution < 1.29 is 19.1 Å². The van der Waals surface area contributed by atoms with Crippen molar-refractivity contribution >= 4 is 63.3 Å². The Morgan fingerprint density at radius 2 is 1.60 bits per heavy atom. The molecule has 0 saturated carbocycles. The zero-order valence-corrected chi connectivity index (χ0v) is 19.5. The standard InChI is InChI=1S/C20H21IN4O4S/c1-11(2)17(26)22-14-7-4-12(5-8-14)19(28)24-25-20(30)23-18(27)13-6-9-16(29-3)15(21)10-13/h4-11H,1-3H3,(H,22,26)(H,24,28)(H2,23,25,27,30). The number of hydrazine groups is 1. The van der Waals surface area contributed by atoms with E-state index in [1.54, 1.807) is 63.4 Å². The largest absolute Gasteiger partial charge is 0.496 e. The lowest BCUT2D eigenvalue weighted by Crippen LogP contribution is -2.48. The van der Waals surface area contributed by atoms with E-state index in [0.717, 1.165) is 3.57 Å². The second-order valence-electron chi connectivity index (χ2n) is 6.43. The molecule has 0 aliphatic rings. The molecule has 2 rings (SSSR count). The second kappa shape index (κ2) is 10.9. The van der Waals surface area contributed by atoms with Gasteiger partial charge in [-0.15, -0.1) is 0 Å². The van der Waals surface area contributed by atoms with E-state index in [-0.39, 0.29) is 16.9 Å².